The fraction of sp³-hybridized carbons (Fsp3) is 0.714. The first kappa shape index (κ1) is 20.2. The Hall–Kier alpha value is -1.50. The van der Waals surface area contributed by atoms with Crippen LogP contribution in [-0.4, -0.2) is 83.0 Å². The molecule has 0 saturated carbocycles. The van der Waals surface area contributed by atoms with Crippen molar-refractivity contribution in [3.05, 3.63) is 17.7 Å². The molecule has 1 aromatic rings. The molecule has 2 fully saturated rings. The first-order valence-electron chi connectivity index (χ1n) is 10.3. The van der Waals surface area contributed by atoms with E-state index in [1.54, 1.807) is 26.2 Å². The van der Waals surface area contributed by atoms with E-state index in [-0.39, 0.29) is 0 Å². The van der Waals surface area contributed by atoms with E-state index in [0.29, 0.717) is 11.5 Å². The number of likely N-dealkylation sites (tertiary alicyclic amines) is 1. The number of piperidine rings is 1. The van der Waals surface area contributed by atoms with Gasteiger partial charge in [0.1, 0.15) is 0 Å². The molecule has 0 amide bonds. The lowest BCUT2D eigenvalue weighted by atomic mass is 10.0. The van der Waals surface area contributed by atoms with Crippen LogP contribution < -0.4 is 19.1 Å². The topological polar surface area (TPSA) is 38.6 Å². The van der Waals surface area contributed by atoms with Crippen molar-refractivity contribution in [2.45, 2.75) is 32.4 Å². The van der Waals surface area contributed by atoms with Crippen molar-refractivity contribution in [1.82, 2.24) is 9.80 Å². The number of rotatable bonds is 7. The number of benzene rings is 1. The van der Waals surface area contributed by atoms with Gasteiger partial charge in [0.05, 0.1) is 41.0 Å². The molecule has 6 heteroatoms. The molecular formula is C21H36N3O3+. The van der Waals surface area contributed by atoms with Gasteiger partial charge in [0, 0.05) is 31.2 Å². The molecule has 1 aromatic carbocycles. The van der Waals surface area contributed by atoms with Crippen molar-refractivity contribution >= 4 is 0 Å². The lowest BCUT2D eigenvalue weighted by Crippen LogP contribution is -3.14. The van der Waals surface area contributed by atoms with Gasteiger partial charge in [-0.2, -0.15) is 0 Å². The van der Waals surface area contributed by atoms with Crippen LogP contribution in [0.25, 0.3) is 0 Å². The Morgan fingerprint density at radius 2 is 1.59 bits per heavy atom. The molecule has 0 spiro atoms. The molecule has 0 radical (unpaired) electrons. The van der Waals surface area contributed by atoms with Gasteiger partial charge in [-0.05, 0) is 38.9 Å². The second kappa shape index (κ2) is 9.62. The molecule has 152 valence electrons. The van der Waals surface area contributed by atoms with Gasteiger partial charge in [-0.1, -0.05) is 6.07 Å². The number of nitrogens with zero attached hydrogens (tertiary/aromatic N) is 2. The molecule has 0 aliphatic carbocycles. The summed E-state index contributed by atoms with van der Waals surface area (Å²) in [4.78, 5) is 7.02. The van der Waals surface area contributed by atoms with Crippen LogP contribution in [0, 0.1) is 0 Å². The van der Waals surface area contributed by atoms with Crippen molar-refractivity contribution in [1.29, 1.82) is 0 Å². The average Bonchev–Trinajstić information content (AvgIpc) is 2.73. The van der Waals surface area contributed by atoms with E-state index in [2.05, 4.69) is 22.8 Å². The molecule has 0 aromatic heterocycles. The SMILES string of the molecule is CC[NH+]1CCN(C2CCN(Cc3ccc(OC)c(OC)c3OC)CC2)CC1. The third kappa shape index (κ3) is 4.68. The zero-order valence-corrected chi connectivity index (χ0v) is 17.4. The van der Waals surface area contributed by atoms with Gasteiger partial charge in [0.2, 0.25) is 5.75 Å². The summed E-state index contributed by atoms with van der Waals surface area (Å²) in [7, 11) is 5.02. The third-order valence-corrected chi connectivity index (χ3v) is 6.26. The lowest BCUT2D eigenvalue weighted by molar-refractivity contribution is -0.902. The number of hydrogen-bond donors (Lipinski definition) is 1. The Morgan fingerprint density at radius 1 is 0.926 bits per heavy atom. The number of methoxy groups -OCH3 is 3. The summed E-state index contributed by atoms with van der Waals surface area (Å²) in [5.74, 6) is 2.19. The van der Waals surface area contributed by atoms with Crippen LogP contribution in [0.2, 0.25) is 0 Å². The fourth-order valence-corrected chi connectivity index (χ4v) is 4.53. The highest BCUT2D eigenvalue weighted by molar-refractivity contribution is 5.55. The Labute approximate surface area is 164 Å². The molecule has 2 saturated heterocycles. The molecule has 6 nitrogen and oxygen atoms in total. The van der Waals surface area contributed by atoms with E-state index in [0.717, 1.165) is 37.0 Å². The van der Waals surface area contributed by atoms with E-state index >= 15 is 0 Å². The standard InChI is InChI=1S/C21H35N3O3/c1-5-22-12-14-24(15-13-22)18-8-10-23(11-9-18)16-17-6-7-19(25-2)21(27-4)20(17)26-3/h6-7,18H,5,8-16H2,1-4H3/p+1. The predicted octanol–water partition coefficient (Wildman–Crippen LogP) is 0.897. The van der Waals surface area contributed by atoms with Crippen molar-refractivity contribution in [2.24, 2.45) is 0 Å². The molecule has 0 bridgehead atoms. The number of nitrogens with one attached hydrogen (secondary N) is 1. The van der Waals surface area contributed by atoms with Gasteiger partial charge in [-0.15, -0.1) is 0 Å². The molecule has 0 unspecified atom stereocenters. The molecule has 3 rings (SSSR count). The normalized spacial score (nSPS) is 20.6. The van der Waals surface area contributed by atoms with Crippen molar-refractivity contribution < 1.29 is 19.1 Å². The number of quaternary nitrogens is 1. The van der Waals surface area contributed by atoms with Gasteiger partial charge in [-0.25, -0.2) is 0 Å². The zero-order valence-electron chi connectivity index (χ0n) is 17.4. The molecular weight excluding hydrogens is 342 g/mol. The molecule has 2 heterocycles. The summed E-state index contributed by atoms with van der Waals surface area (Å²) >= 11 is 0. The summed E-state index contributed by atoms with van der Waals surface area (Å²) < 4.78 is 16.6. The quantitative estimate of drug-likeness (QED) is 0.763. The minimum absolute atomic E-state index is 0.684. The highest BCUT2D eigenvalue weighted by Crippen LogP contribution is 2.40. The lowest BCUT2D eigenvalue weighted by Gasteiger charge is -2.41. The van der Waals surface area contributed by atoms with Gasteiger partial charge in [0.15, 0.2) is 11.5 Å². The Balaban J connectivity index is 1.56. The van der Waals surface area contributed by atoms with E-state index in [4.69, 9.17) is 14.2 Å². The van der Waals surface area contributed by atoms with Crippen LogP contribution in [0.15, 0.2) is 12.1 Å². The van der Waals surface area contributed by atoms with Crippen LogP contribution in [0.1, 0.15) is 25.3 Å². The summed E-state index contributed by atoms with van der Waals surface area (Å²) in [5, 5.41) is 0. The highest BCUT2D eigenvalue weighted by Gasteiger charge is 2.29. The van der Waals surface area contributed by atoms with Crippen LogP contribution in [0.4, 0.5) is 0 Å². The maximum atomic E-state index is 5.65. The first-order chi connectivity index (χ1) is 13.2. The Kier molecular flexibility index (Phi) is 7.21. The van der Waals surface area contributed by atoms with Crippen LogP contribution in [0.5, 0.6) is 17.2 Å². The maximum absolute atomic E-state index is 5.65. The van der Waals surface area contributed by atoms with E-state index in [1.165, 1.54) is 45.6 Å². The van der Waals surface area contributed by atoms with E-state index in [9.17, 15) is 0 Å². The second-order valence-electron chi connectivity index (χ2n) is 7.64. The predicted molar refractivity (Wildman–Crippen MR) is 107 cm³/mol. The molecule has 27 heavy (non-hydrogen) atoms. The largest absolute Gasteiger partial charge is 0.493 e. The average molecular weight is 379 g/mol. The number of likely N-dealkylation sites (N-methyl/N-ethyl adjacent to an activating group) is 1. The zero-order chi connectivity index (χ0) is 19.2. The van der Waals surface area contributed by atoms with Crippen molar-refractivity contribution in [3.63, 3.8) is 0 Å². The molecule has 2 aliphatic heterocycles. The smallest absolute Gasteiger partial charge is 0.203 e. The maximum Gasteiger partial charge on any atom is 0.203 e. The third-order valence-electron chi connectivity index (χ3n) is 6.26. The summed E-state index contributed by atoms with van der Waals surface area (Å²) in [6, 6.07) is 4.82. The minimum atomic E-state index is 0.684. The summed E-state index contributed by atoms with van der Waals surface area (Å²) in [6.07, 6.45) is 2.52. The minimum Gasteiger partial charge on any atom is -0.493 e. The first-order valence-corrected chi connectivity index (χ1v) is 10.3. The van der Waals surface area contributed by atoms with Crippen molar-refractivity contribution in [3.8, 4) is 17.2 Å². The Bertz CT molecular complexity index is 595. The van der Waals surface area contributed by atoms with Crippen LogP contribution >= 0.6 is 0 Å². The number of hydrogen-bond acceptors (Lipinski definition) is 5. The van der Waals surface area contributed by atoms with Gasteiger partial charge < -0.3 is 19.1 Å². The van der Waals surface area contributed by atoms with Gasteiger partial charge in [-0.3, -0.25) is 9.80 Å². The monoisotopic (exact) mass is 378 g/mol. The fourth-order valence-electron chi connectivity index (χ4n) is 4.53. The Morgan fingerprint density at radius 3 is 2.15 bits per heavy atom. The van der Waals surface area contributed by atoms with Crippen LogP contribution in [-0.2, 0) is 6.54 Å². The second-order valence-corrected chi connectivity index (χ2v) is 7.64. The molecule has 0 atom stereocenters. The van der Waals surface area contributed by atoms with Gasteiger partial charge in [0.25, 0.3) is 0 Å². The van der Waals surface area contributed by atoms with Crippen molar-refractivity contribution in [2.75, 3.05) is 67.1 Å². The van der Waals surface area contributed by atoms with Gasteiger partial charge >= 0.3 is 0 Å². The molecule has 2 aliphatic rings. The number of ether oxygens (including phenoxy) is 3. The summed E-state index contributed by atoms with van der Waals surface area (Å²) in [6.45, 7) is 11.9. The van der Waals surface area contributed by atoms with E-state index < -0.39 is 0 Å². The van der Waals surface area contributed by atoms with E-state index in [1.807, 2.05) is 6.07 Å². The summed E-state index contributed by atoms with van der Waals surface area (Å²) in [5.41, 5.74) is 1.16. The highest BCUT2D eigenvalue weighted by atomic mass is 16.5. The number of piperazine rings is 1. The van der Waals surface area contributed by atoms with Crippen LogP contribution in [0.3, 0.4) is 0 Å². The molecule has 1 N–H and O–H groups in total.